The Morgan fingerprint density at radius 1 is 1.24 bits per heavy atom. The first-order valence-corrected chi connectivity index (χ1v) is 8.27. The summed E-state index contributed by atoms with van der Waals surface area (Å²) in [5.74, 6) is -0.646. The highest BCUT2D eigenvalue weighted by Crippen LogP contribution is 2.18. The molecule has 4 nitrogen and oxygen atoms in total. The lowest BCUT2D eigenvalue weighted by Gasteiger charge is -2.24. The first kappa shape index (κ1) is 19.1. The number of benzene rings is 2. The second-order valence-corrected chi connectivity index (χ2v) is 6.01. The zero-order valence-electron chi connectivity index (χ0n) is 14.8. The number of aryl methyl sites for hydroxylation is 1. The zero-order chi connectivity index (χ0) is 18.4. The molecule has 2 aromatic carbocycles. The molecule has 0 radical (unpaired) electrons. The normalized spacial score (nSPS) is 12.0. The van der Waals surface area contributed by atoms with Crippen LogP contribution >= 0.6 is 0 Å². The molecule has 1 N–H and O–H groups in total. The molecule has 1 atom stereocenters. The van der Waals surface area contributed by atoms with Gasteiger partial charge in [0.15, 0.2) is 0 Å². The number of hydrogen-bond acceptors (Lipinski definition) is 3. The summed E-state index contributed by atoms with van der Waals surface area (Å²) in [5, 5.41) is 10.4. The van der Waals surface area contributed by atoms with Crippen molar-refractivity contribution in [3.63, 3.8) is 0 Å². The standard InChI is InChI=1S/C20H24FNO3/c1-4-22(12-19(23)15-7-5-14(2)6-8-15)20(24)16-9-10-18(21)17(11-16)13-25-3/h5-11,19,23H,4,12-13H2,1-3H3. The third kappa shape index (κ3) is 4.87. The van der Waals surface area contributed by atoms with Crippen LogP contribution in [0.4, 0.5) is 4.39 Å². The van der Waals surface area contributed by atoms with Crippen molar-refractivity contribution in [1.82, 2.24) is 4.90 Å². The van der Waals surface area contributed by atoms with E-state index in [9.17, 15) is 14.3 Å². The Morgan fingerprint density at radius 2 is 1.92 bits per heavy atom. The highest BCUT2D eigenvalue weighted by molar-refractivity contribution is 5.94. The van der Waals surface area contributed by atoms with E-state index < -0.39 is 11.9 Å². The fourth-order valence-electron chi connectivity index (χ4n) is 2.61. The Labute approximate surface area is 147 Å². The van der Waals surface area contributed by atoms with Crippen molar-refractivity contribution in [2.45, 2.75) is 26.6 Å². The van der Waals surface area contributed by atoms with Gasteiger partial charge >= 0.3 is 0 Å². The average molecular weight is 345 g/mol. The lowest BCUT2D eigenvalue weighted by atomic mass is 10.1. The van der Waals surface area contributed by atoms with E-state index in [1.807, 2.05) is 38.1 Å². The van der Waals surface area contributed by atoms with Gasteiger partial charge in [0.1, 0.15) is 5.82 Å². The Balaban J connectivity index is 2.15. The number of aliphatic hydroxyl groups is 1. The van der Waals surface area contributed by atoms with Crippen LogP contribution in [0, 0.1) is 12.7 Å². The maximum absolute atomic E-state index is 13.7. The van der Waals surface area contributed by atoms with Crippen molar-refractivity contribution >= 4 is 5.91 Å². The van der Waals surface area contributed by atoms with Gasteiger partial charge in [0, 0.05) is 24.8 Å². The summed E-state index contributed by atoms with van der Waals surface area (Å²) in [6.07, 6.45) is -0.775. The molecule has 0 fully saturated rings. The van der Waals surface area contributed by atoms with Gasteiger partial charge in [0.25, 0.3) is 5.91 Å². The Bertz CT molecular complexity index is 715. The molecule has 0 bridgehead atoms. The van der Waals surface area contributed by atoms with Crippen LogP contribution in [0.15, 0.2) is 42.5 Å². The molecule has 0 aromatic heterocycles. The van der Waals surface area contributed by atoms with Gasteiger partial charge in [0.2, 0.25) is 0 Å². The molecule has 0 aliphatic rings. The number of ether oxygens (including phenoxy) is 1. The molecule has 0 aliphatic carbocycles. The van der Waals surface area contributed by atoms with Crippen molar-refractivity contribution in [3.8, 4) is 0 Å². The fraction of sp³-hybridized carbons (Fsp3) is 0.350. The van der Waals surface area contributed by atoms with E-state index in [4.69, 9.17) is 4.74 Å². The van der Waals surface area contributed by atoms with Crippen molar-refractivity contribution in [1.29, 1.82) is 0 Å². The van der Waals surface area contributed by atoms with E-state index in [2.05, 4.69) is 0 Å². The molecule has 0 spiro atoms. The minimum atomic E-state index is -0.775. The van der Waals surface area contributed by atoms with Crippen LogP contribution in [0.2, 0.25) is 0 Å². The average Bonchev–Trinajstić information content (AvgIpc) is 2.61. The number of likely N-dealkylation sites (N-methyl/N-ethyl adjacent to an activating group) is 1. The molecular formula is C20H24FNO3. The van der Waals surface area contributed by atoms with Gasteiger partial charge in [-0.2, -0.15) is 0 Å². The Hall–Kier alpha value is -2.24. The number of methoxy groups -OCH3 is 1. The number of rotatable bonds is 7. The van der Waals surface area contributed by atoms with E-state index >= 15 is 0 Å². The molecule has 0 aliphatic heterocycles. The van der Waals surface area contributed by atoms with Crippen molar-refractivity contribution in [2.24, 2.45) is 0 Å². The summed E-state index contributed by atoms with van der Waals surface area (Å²) in [7, 11) is 1.48. The molecule has 2 aromatic rings. The molecule has 5 heteroatoms. The van der Waals surface area contributed by atoms with Crippen LogP contribution in [0.5, 0.6) is 0 Å². The quantitative estimate of drug-likeness (QED) is 0.836. The summed E-state index contributed by atoms with van der Waals surface area (Å²) >= 11 is 0. The topological polar surface area (TPSA) is 49.8 Å². The molecule has 0 saturated heterocycles. The minimum Gasteiger partial charge on any atom is -0.387 e. The van der Waals surface area contributed by atoms with Crippen LogP contribution in [-0.2, 0) is 11.3 Å². The monoisotopic (exact) mass is 345 g/mol. The molecule has 1 unspecified atom stereocenters. The Morgan fingerprint density at radius 3 is 2.52 bits per heavy atom. The largest absolute Gasteiger partial charge is 0.387 e. The second-order valence-electron chi connectivity index (χ2n) is 6.01. The first-order valence-electron chi connectivity index (χ1n) is 8.27. The van der Waals surface area contributed by atoms with E-state index in [0.717, 1.165) is 11.1 Å². The van der Waals surface area contributed by atoms with E-state index in [1.165, 1.54) is 25.3 Å². The maximum atomic E-state index is 13.7. The van der Waals surface area contributed by atoms with Gasteiger partial charge in [-0.3, -0.25) is 4.79 Å². The molecule has 1 amide bonds. The molecule has 2 rings (SSSR count). The third-order valence-electron chi connectivity index (χ3n) is 4.12. The second kappa shape index (κ2) is 8.74. The number of halogens is 1. The third-order valence-corrected chi connectivity index (χ3v) is 4.12. The smallest absolute Gasteiger partial charge is 0.253 e. The van der Waals surface area contributed by atoms with Gasteiger partial charge in [-0.1, -0.05) is 29.8 Å². The zero-order valence-corrected chi connectivity index (χ0v) is 14.8. The highest BCUT2D eigenvalue weighted by Gasteiger charge is 2.20. The molecule has 134 valence electrons. The summed E-state index contributed by atoms with van der Waals surface area (Å²) in [6.45, 7) is 4.54. The van der Waals surface area contributed by atoms with Crippen LogP contribution in [0.1, 0.15) is 40.1 Å². The molecule has 25 heavy (non-hydrogen) atoms. The van der Waals surface area contributed by atoms with E-state index in [-0.39, 0.29) is 19.1 Å². The maximum Gasteiger partial charge on any atom is 0.253 e. The first-order chi connectivity index (χ1) is 12.0. The van der Waals surface area contributed by atoms with Crippen LogP contribution in [0.3, 0.4) is 0 Å². The SMILES string of the molecule is CCN(CC(O)c1ccc(C)cc1)C(=O)c1ccc(F)c(COC)c1. The number of amides is 1. The summed E-state index contributed by atoms with van der Waals surface area (Å²) in [5.41, 5.74) is 2.59. The highest BCUT2D eigenvalue weighted by atomic mass is 19.1. The number of nitrogens with zero attached hydrogens (tertiary/aromatic N) is 1. The molecular weight excluding hydrogens is 321 g/mol. The minimum absolute atomic E-state index is 0.102. The summed E-state index contributed by atoms with van der Waals surface area (Å²) in [4.78, 5) is 14.3. The van der Waals surface area contributed by atoms with Gasteiger partial charge < -0.3 is 14.7 Å². The number of aliphatic hydroxyl groups excluding tert-OH is 1. The lowest BCUT2D eigenvalue weighted by Crippen LogP contribution is -2.34. The fourth-order valence-corrected chi connectivity index (χ4v) is 2.61. The van der Waals surface area contributed by atoms with Crippen molar-refractivity contribution in [3.05, 3.63) is 70.5 Å². The van der Waals surface area contributed by atoms with E-state index in [0.29, 0.717) is 17.7 Å². The van der Waals surface area contributed by atoms with Gasteiger partial charge in [0.05, 0.1) is 19.3 Å². The number of carbonyl (C=O) groups excluding carboxylic acids is 1. The number of carbonyl (C=O) groups is 1. The van der Waals surface area contributed by atoms with Gasteiger partial charge in [-0.05, 0) is 37.6 Å². The summed E-state index contributed by atoms with van der Waals surface area (Å²) < 4.78 is 18.7. The predicted molar refractivity (Wildman–Crippen MR) is 94.8 cm³/mol. The number of hydrogen-bond donors (Lipinski definition) is 1. The van der Waals surface area contributed by atoms with Gasteiger partial charge in [-0.25, -0.2) is 4.39 Å². The van der Waals surface area contributed by atoms with Crippen molar-refractivity contribution < 1.29 is 19.0 Å². The van der Waals surface area contributed by atoms with Crippen LogP contribution < -0.4 is 0 Å². The predicted octanol–water partition coefficient (Wildman–Crippen LogP) is 3.48. The van der Waals surface area contributed by atoms with Gasteiger partial charge in [-0.15, -0.1) is 0 Å². The molecule has 0 saturated carbocycles. The lowest BCUT2D eigenvalue weighted by molar-refractivity contribution is 0.0634. The van der Waals surface area contributed by atoms with Crippen molar-refractivity contribution in [2.75, 3.05) is 20.2 Å². The van der Waals surface area contributed by atoms with E-state index in [1.54, 1.807) is 4.90 Å². The van der Waals surface area contributed by atoms with Crippen LogP contribution in [0.25, 0.3) is 0 Å². The van der Waals surface area contributed by atoms with Crippen LogP contribution in [-0.4, -0.2) is 36.1 Å². The molecule has 0 heterocycles. The summed E-state index contributed by atoms with van der Waals surface area (Å²) in [6, 6.07) is 11.8. The Kier molecular flexibility index (Phi) is 6.67.